The average Bonchev–Trinajstić information content (AvgIpc) is 3.17. The molecule has 3 rings (SSSR count). The number of nitriles is 1. The molecule has 0 aliphatic heterocycles. The number of hydrogen-bond acceptors (Lipinski definition) is 2. The van der Waals surface area contributed by atoms with Gasteiger partial charge in [0.05, 0.1) is 11.6 Å². The Morgan fingerprint density at radius 2 is 2.20 bits per heavy atom. The van der Waals surface area contributed by atoms with Crippen LogP contribution in [0.4, 0.5) is 4.39 Å². The van der Waals surface area contributed by atoms with Crippen molar-refractivity contribution in [3.05, 3.63) is 59.2 Å². The molecule has 1 heterocycles. The molecule has 1 aromatic carbocycles. The highest BCUT2D eigenvalue weighted by Gasteiger charge is 2.19. The smallest absolute Gasteiger partial charge is 0.123 e. The second-order valence-corrected chi connectivity index (χ2v) is 5.26. The molecule has 0 atom stereocenters. The molecule has 1 saturated carbocycles. The van der Waals surface area contributed by atoms with Crippen LogP contribution in [0.3, 0.4) is 0 Å². The summed E-state index contributed by atoms with van der Waals surface area (Å²) >= 11 is 0. The number of nitrogens with one attached hydrogen (secondary N) is 1. The van der Waals surface area contributed by atoms with Gasteiger partial charge in [-0.2, -0.15) is 5.26 Å². The third kappa shape index (κ3) is 3.06. The van der Waals surface area contributed by atoms with Gasteiger partial charge in [-0.05, 0) is 48.2 Å². The molecule has 1 aliphatic rings. The highest BCUT2D eigenvalue weighted by molar-refractivity contribution is 5.38. The van der Waals surface area contributed by atoms with E-state index >= 15 is 0 Å². The fraction of sp³-hybridized carbons (Fsp3) is 0.312. The predicted octanol–water partition coefficient (Wildman–Crippen LogP) is 2.80. The first-order chi connectivity index (χ1) is 9.74. The third-order valence-corrected chi connectivity index (χ3v) is 3.52. The summed E-state index contributed by atoms with van der Waals surface area (Å²) < 4.78 is 15.3. The van der Waals surface area contributed by atoms with Crippen molar-refractivity contribution in [3.63, 3.8) is 0 Å². The molecule has 0 spiro atoms. The van der Waals surface area contributed by atoms with Gasteiger partial charge in [-0.1, -0.05) is 0 Å². The highest BCUT2D eigenvalue weighted by atomic mass is 19.1. The summed E-state index contributed by atoms with van der Waals surface area (Å²) in [4.78, 5) is 0. The molecule has 0 unspecified atom stereocenters. The van der Waals surface area contributed by atoms with Crippen molar-refractivity contribution in [3.8, 4) is 6.07 Å². The molecule has 1 aliphatic carbocycles. The zero-order valence-electron chi connectivity index (χ0n) is 11.1. The van der Waals surface area contributed by atoms with Crippen LogP contribution >= 0.6 is 0 Å². The van der Waals surface area contributed by atoms with Crippen LogP contribution in [0, 0.1) is 17.1 Å². The van der Waals surface area contributed by atoms with Gasteiger partial charge in [-0.25, -0.2) is 4.39 Å². The summed E-state index contributed by atoms with van der Waals surface area (Å²) in [6.45, 7) is 1.38. The molecular formula is C16H16FN3. The summed E-state index contributed by atoms with van der Waals surface area (Å²) in [5.41, 5.74) is 2.45. The van der Waals surface area contributed by atoms with Crippen molar-refractivity contribution in [2.24, 2.45) is 0 Å². The summed E-state index contributed by atoms with van der Waals surface area (Å²) in [6.07, 6.45) is 6.56. The number of aromatic nitrogens is 1. The lowest BCUT2D eigenvalue weighted by Crippen LogP contribution is -2.14. The molecule has 2 aromatic rings. The van der Waals surface area contributed by atoms with Crippen molar-refractivity contribution >= 4 is 0 Å². The van der Waals surface area contributed by atoms with Gasteiger partial charge >= 0.3 is 0 Å². The van der Waals surface area contributed by atoms with E-state index in [-0.39, 0.29) is 5.82 Å². The molecule has 0 saturated heterocycles. The van der Waals surface area contributed by atoms with E-state index in [1.54, 1.807) is 0 Å². The molecule has 20 heavy (non-hydrogen) atoms. The van der Waals surface area contributed by atoms with E-state index in [1.807, 2.05) is 17.0 Å². The number of nitrogens with zero attached hydrogens (tertiary/aromatic N) is 2. The second kappa shape index (κ2) is 5.48. The number of hydrogen-bond donors (Lipinski definition) is 1. The lowest BCUT2D eigenvalue weighted by molar-refractivity contribution is 0.623. The Hall–Kier alpha value is -2.12. The average molecular weight is 269 g/mol. The molecule has 3 nitrogen and oxygen atoms in total. The fourth-order valence-electron chi connectivity index (χ4n) is 2.24. The Kier molecular flexibility index (Phi) is 3.53. The normalized spacial score (nSPS) is 14.2. The van der Waals surface area contributed by atoms with Crippen LogP contribution in [-0.4, -0.2) is 10.6 Å². The second-order valence-electron chi connectivity index (χ2n) is 5.26. The summed E-state index contributed by atoms with van der Waals surface area (Å²) in [6, 6.07) is 9.13. The van der Waals surface area contributed by atoms with Gasteiger partial charge in [0.15, 0.2) is 0 Å². The van der Waals surface area contributed by atoms with Gasteiger partial charge in [-0.15, -0.1) is 0 Å². The van der Waals surface area contributed by atoms with Gasteiger partial charge in [0.1, 0.15) is 5.82 Å². The number of rotatable bonds is 5. The lowest BCUT2D eigenvalue weighted by Gasteiger charge is -2.06. The summed E-state index contributed by atoms with van der Waals surface area (Å²) in [5.74, 6) is -0.304. The van der Waals surface area contributed by atoms with E-state index in [9.17, 15) is 4.39 Å². The molecule has 1 N–H and O–H groups in total. The van der Waals surface area contributed by atoms with Crippen LogP contribution in [0.1, 0.15) is 29.5 Å². The molecular weight excluding hydrogens is 253 g/mol. The maximum absolute atomic E-state index is 13.3. The summed E-state index contributed by atoms with van der Waals surface area (Å²) in [5, 5.41) is 12.5. The SMILES string of the molecule is N#Cc1ccc(F)cc1Cn1ccc(CNC2CC2)c1. The monoisotopic (exact) mass is 269 g/mol. The van der Waals surface area contributed by atoms with Gasteiger partial charge in [0, 0.05) is 31.5 Å². The van der Waals surface area contributed by atoms with E-state index in [1.165, 1.54) is 36.6 Å². The van der Waals surface area contributed by atoms with Crippen LogP contribution < -0.4 is 5.32 Å². The van der Waals surface area contributed by atoms with Crippen molar-refractivity contribution in [2.75, 3.05) is 0 Å². The van der Waals surface area contributed by atoms with E-state index in [0.717, 1.165) is 6.54 Å². The quantitative estimate of drug-likeness (QED) is 0.906. The van der Waals surface area contributed by atoms with Gasteiger partial charge < -0.3 is 9.88 Å². The highest BCUT2D eigenvalue weighted by Crippen LogP contribution is 2.19. The lowest BCUT2D eigenvalue weighted by atomic mass is 10.1. The zero-order valence-corrected chi connectivity index (χ0v) is 11.1. The number of halogens is 1. The Labute approximate surface area is 117 Å². The first-order valence-corrected chi connectivity index (χ1v) is 6.81. The maximum atomic E-state index is 13.3. The van der Waals surface area contributed by atoms with Crippen molar-refractivity contribution in [1.82, 2.24) is 9.88 Å². The topological polar surface area (TPSA) is 40.8 Å². The Balaban J connectivity index is 1.70. The van der Waals surface area contributed by atoms with Gasteiger partial charge in [0.2, 0.25) is 0 Å². The van der Waals surface area contributed by atoms with Gasteiger partial charge in [-0.3, -0.25) is 0 Å². The fourth-order valence-corrected chi connectivity index (χ4v) is 2.24. The van der Waals surface area contributed by atoms with E-state index in [0.29, 0.717) is 23.7 Å². The molecule has 4 heteroatoms. The van der Waals surface area contributed by atoms with E-state index < -0.39 is 0 Å². The molecule has 0 bridgehead atoms. The van der Waals surface area contributed by atoms with Crippen molar-refractivity contribution in [2.45, 2.75) is 32.0 Å². The minimum absolute atomic E-state index is 0.304. The molecule has 102 valence electrons. The first-order valence-electron chi connectivity index (χ1n) is 6.81. The predicted molar refractivity (Wildman–Crippen MR) is 74.5 cm³/mol. The maximum Gasteiger partial charge on any atom is 0.123 e. The minimum atomic E-state index is -0.304. The van der Waals surface area contributed by atoms with Crippen LogP contribution in [-0.2, 0) is 13.1 Å². The molecule has 0 radical (unpaired) electrons. The Bertz CT molecular complexity index is 650. The Morgan fingerprint density at radius 3 is 2.95 bits per heavy atom. The van der Waals surface area contributed by atoms with Crippen molar-refractivity contribution < 1.29 is 4.39 Å². The standard InChI is InChI=1S/C16H16FN3/c17-15-2-1-13(8-18)14(7-15)11-20-6-5-12(10-20)9-19-16-3-4-16/h1-2,5-7,10,16,19H,3-4,9,11H2. The minimum Gasteiger partial charge on any atom is -0.350 e. The third-order valence-electron chi connectivity index (χ3n) is 3.52. The van der Waals surface area contributed by atoms with Crippen LogP contribution in [0.2, 0.25) is 0 Å². The Morgan fingerprint density at radius 1 is 1.35 bits per heavy atom. The van der Waals surface area contributed by atoms with E-state index in [4.69, 9.17) is 5.26 Å². The largest absolute Gasteiger partial charge is 0.350 e. The molecule has 0 amide bonds. The summed E-state index contributed by atoms with van der Waals surface area (Å²) in [7, 11) is 0. The number of benzene rings is 1. The first kappa shape index (κ1) is 12.9. The van der Waals surface area contributed by atoms with Crippen LogP contribution in [0.5, 0.6) is 0 Å². The molecule has 1 fully saturated rings. The van der Waals surface area contributed by atoms with E-state index in [2.05, 4.69) is 17.5 Å². The molecule has 1 aromatic heterocycles. The zero-order chi connectivity index (χ0) is 13.9. The van der Waals surface area contributed by atoms with Gasteiger partial charge in [0.25, 0.3) is 0 Å². The van der Waals surface area contributed by atoms with Crippen LogP contribution in [0.15, 0.2) is 36.7 Å². The van der Waals surface area contributed by atoms with Crippen LogP contribution in [0.25, 0.3) is 0 Å². The van der Waals surface area contributed by atoms with Crippen molar-refractivity contribution in [1.29, 1.82) is 5.26 Å².